The van der Waals surface area contributed by atoms with Gasteiger partial charge in [0.1, 0.15) is 0 Å². The average molecular weight is 384 g/mol. The average Bonchev–Trinajstić information content (AvgIpc) is 3.27. The van der Waals surface area contributed by atoms with E-state index in [0.29, 0.717) is 12.5 Å². The fraction of sp³-hybridized carbons (Fsp3) is 0.600. The van der Waals surface area contributed by atoms with Crippen LogP contribution < -0.4 is 4.90 Å². The van der Waals surface area contributed by atoms with Gasteiger partial charge in [0.25, 0.3) is 0 Å². The van der Waals surface area contributed by atoms with E-state index >= 15 is 0 Å². The third-order valence-electron chi connectivity index (χ3n) is 5.86. The molecule has 0 aliphatic carbocycles. The molecule has 2 saturated heterocycles. The van der Waals surface area contributed by atoms with Crippen molar-refractivity contribution < 1.29 is 4.79 Å². The second-order valence-corrected chi connectivity index (χ2v) is 7.69. The molecule has 0 saturated carbocycles. The van der Waals surface area contributed by atoms with Gasteiger partial charge in [0.15, 0.2) is 0 Å². The van der Waals surface area contributed by atoms with Crippen molar-refractivity contribution >= 4 is 11.9 Å². The van der Waals surface area contributed by atoms with Gasteiger partial charge in [-0.15, -0.1) is 0 Å². The Morgan fingerprint density at radius 2 is 1.71 bits per heavy atom. The molecule has 2 fully saturated rings. The van der Waals surface area contributed by atoms with E-state index < -0.39 is 0 Å². The number of carbonyl (C=O) groups excluding carboxylic acids is 1. The van der Waals surface area contributed by atoms with Gasteiger partial charge < -0.3 is 9.80 Å². The molecule has 2 aliphatic heterocycles. The summed E-state index contributed by atoms with van der Waals surface area (Å²) in [6.45, 7) is 6.78. The number of likely N-dealkylation sites (tertiary alicyclic amines) is 1. The van der Waals surface area contributed by atoms with Crippen molar-refractivity contribution in [3.8, 4) is 0 Å². The highest BCUT2D eigenvalue weighted by molar-refractivity contribution is 5.78. The SMILES string of the molecule is O=C(CN1CCN(c2ncccn2)CC1)N1CCC(CCn2cccn2)CC1. The van der Waals surface area contributed by atoms with E-state index in [0.717, 1.165) is 71.0 Å². The van der Waals surface area contributed by atoms with Crippen molar-refractivity contribution in [3.63, 3.8) is 0 Å². The quantitative estimate of drug-likeness (QED) is 0.745. The molecule has 4 rings (SSSR count). The minimum Gasteiger partial charge on any atom is -0.342 e. The number of carbonyl (C=O) groups is 1. The van der Waals surface area contributed by atoms with Crippen LogP contribution in [0.4, 0.5) is 5.95 Å². The number of aromatic nitrogens is 4. The van der Waals surface area contributed by atoms with E-state index in [9.17, 15) is 4.79 Å². The normalized spacial score (nSPS) is 19.1. The molecule has 1 amide bonds. The lowest BCUT2D eigenvalue weighted by atomic mass is 9.93. The van der Waals surface area contributed by atoms with Crippen LogP contribution in [0.25, 0.3) is 0 Å². The number of anilines is 1. The summed E-state index contributed by atoms with van der Waals surface area (Å²) in [5.74, 6) is 1.75. The van der Waals surface area contributed by atoms with Gasteiger partial charge in [-0.25, -0.2) is 9.97 Å². The van der Waals surface area contributed by atoms with E-state index in [4.69, 9.17) is 0 Å². The number of aryl methyl sites for hydroxylation is 1. The van der Waals surface area contributed by atoms with Gasteiger partial charge in [0.05, 0.1) is 6.54 Å². The highest BCUT2D eigenvalue weighted by Crippen LogP contribution is 2.21. The molecule has 0 unspecified atom stereocenters. The van der Waals surface area contributed by atoms with Crippen molar-refractivity contribution in [2.45, 2.75) is 25.8 Å². The molecule has 28 heavy (non-hydrogen) atoms. The van der Waals surface area contributed by atoms with Crippen LogP contribution in [-0.2, 0) is 11.3 Å². The highest BCUT2D eigenvalue weighted by atomic mass is 16.2. The molecule has 4 heterocycles. The molecule has 2 aromatic heterocycles. The Balaban J connectivity index is 1.16. The number of piperidine rings is 1. The summed E-state index contributed by atoms with van der Waals surface area (Å²) in [5, 5.41) is 4.27. The Morgan fingerprint density at radius 1 is 0.964 bits per heavy atom. The molecular weight excluding hydrogens is 354 g/mol. The van der Waals surface area contributed by atoms with E-state index in [1.807, 2.05) is 29.2 Å². The lowest BCUT2D eigenvalue weighted by Gasteiger charge is -2.37. The molecule has 0 aromatic carbocycles. The summed E-state index contributed by atoms with van der Waals surface area (Å²) in [4.78, 5) is 27.8. The van der Waals surface area contributed by atoms with E-state index in [2.05, 4.69) is 29.8 Å². The summed E-state index contributed by atoms with van der Waals surface area (Å²) < 4.78 is 2.00. The van der Waals surface area contributed by atoms with Crippen LogP contribution in [0.3, 0.4) is 0 Å². The molecule has 150 valence electrons. The third kappa shape index (κ3) is 4.86. The molecule has 0 N–H and O–H groups in total. The number of rotatable bonds is 6. The first-order chi connectivity index (χ1) is 13.8. The number of nitrogens with zero attached hydrogens (tertiary/aromatic N) is 7. The van der Waals surface area contributed by atoms with Crippen LogP contribution in [0, 0.1) is 5.92 Å². The van der Waals surface area contributed by atoms with Crippen LogP contribution in [0.1, 0.15) is 19.3 Å². The molecule has 0 atom stereocenters. The Hall–Kier alpha value is -2.48. The van der Waals surface area contributed by atoms with Crippen molar-refractivity contribution in [3.05, 3.63) is 36.9 Å². The molecule has 0 spiro atoms. The minimum absolute atomic E-state index is 0.273. The van der Waals surface area contributed by atoms with Crippen LogP contribution in [0.2, 0.25) is 0 Å². The number of amides is 1. The minimum atomic E-state index is 0.273. The lowest BCUT2D eigenvalue weighted by Crippen LogP contribution is -2.51. The maximum atomic E-state index is 12.7. The maximum Gasteiger partial charge on any atom is 0.236 e. The monoisotopic (exact) mass is 383 g/mol. The van der Waals surface area contributed by atoms with Crippen LogP contribution in [0.5, 0.6) is 0 Å². The predicted octanol–water partition coefficient (Wildman–Crippen LogP) is 1.12. The fourth-order valence-corrected chi connectivity index (χ4v) is 4.07. The summed E-state index contributed by atoms with van der Waals surface area (Å²) in [7, 11) is 0. The smallest absolute Gasteiger partial charge is 0.236 e. The summed E-state index contributed by atoms with van der Waals surface area (Å²) in [6, 6.07) is 3.80. The topological polar surface area (TPSA) is 70.4 Å². The second-order valence-electron chi connectivity index (χ2n) is 7.69. The fourth-order valence-electron chi connectivity index (χ4n) is 4.07. The molecular formula is C20H29N7O. The molecule has 8 heteroatoms. The largest absolute Gasteiger partial charge is 0.342 e. The zero-order valence-electron chi connectivity index (χ0n) is 16.4. The standard InChI is InChI=1S/C20H29N7O/c28-19(17-24-13-15-26(16-14-24)20-21-6-1-7-22-20)25-10-3-18(4-11-25)5-12-27-9-2-8-23-27/h1-2,6-9,18H,3-5,10-17H2. The van der Waals surface area contributed by atoms with Gasteiger partial charge in [-0.1, -0.05) is 0 Å². The lowest BCUT2D eigenvalue weighted by molar-refractivity contribution is -0.133. The van der Waals surface area contributed by atoms with Gasteiger partial charge >= 0.3 is 0 Å². The predicted molar refractivity (Wildman–Crippen MR) is 107 cm³/mol. The first-order valence-corrected chi connectivity index (χ1v) is 10.3. The van der Waals surface area contributed by atoms with Crippen LogP contribution in [-0.4, -0.2) is 81.3 Å². The first-order valence-electron chi connectivity index (χ1n) is 10.3. The van der Waals surface area contributed by atoms with Gasteiger partial charge in [-0.3, -0.25) is 14.4 Å². The molecule has 2 aliphatic rings. The van der Waals surface area contributed by atoms with Crippen molar-refractivity contribution in [1.82, 2.24) is 29.5 Å². The number of hydrogen-bond donors (Lipinski definition) is 0. The Bertz CT molecular complexity index is 720. The van der Waals surface area contributed by atoms with Crippen LogP contribution >= 0.6 is 0 Å². The maximum absolute atomic E-state index is 12.7. The summed E-state index contributed by atoms with van der Waals surface area (Å²) >= 11 is 0. The van der Waals surface area contributed by atoms with Gasteiger partial charge in [0, 0.05) is 70.6 Å². The zero-order valence-corrected chi connectivity index (χ0v) is 16.4. The van der Waals surface area contributed by atoms with Crippen molar-refractivity contribution in [2.24, 2.45) is 5.92 Å². The van der Waals surface area contributed by atoms with E-state index in [1.165, 1.54) is 0 Å². The van der Waals surface area contributed by atoms with Gasteiger partial charge in [0.2, 0.25) is 11.9 Å². The van der Waals surface area contributed by atoms with Crippen LogP contribution in [0.15, 0.2) is 36.9 Å². The molecule has 8 nitrogen and oxygen atoms in total. The van der Waals surface area contributed by atoms with Gasteiger partial charge in [-0.2, -0.15) is 5.10 Å². The molecule has 2 aromatic rings. The third-order valence-corrected chi connectivity index (χ3v) is 5.86. The molecule has 0 radical (unpaired) electrons. The summed E-state index contributed by atoms with van der Waals surface area (Å²) in [6.07, 6.45) is 10.7. The van der Waals surface area contributed by atoms with E-state index in [1.54, 1.807) is 12.4 Å². The molecule has 0 bridgehead atoms. The Morgan fingerprint density at radius 3 is 2.39 bits per heavy atom. The number of piperazine rings is 1. The first kappa shape index (κ1) is 18.9. The zero-order chi connectivity index (χ0) is 19.2. The Labute approximate surface area is 166 Å². The van der Waals surface area contributed by atoms with E-state index in [-0.39, 0.29) is 5.91 Å². The van der Waals surface area contributed by atoms with Crippen molar-refractivity contribution in [2.75, 3.05) is 50.7 Å². The number of hydrogen-bond acceptors (Lipinski definition) is 6. The Kier molecular flexibility index (Phi) is 6.16. The van der Waals surface area contributed by atoms with Gasteiger partial charge in [-0.05, 0) is 37.3 Å². The summed E-state index contributed by atoms with van der Waals surface area (Å²) in [5.41, 5.74) is 0. The second kappa shape index (κ2) is 9.14. The van der Waals surface area contributed by atoms with Crippen molar-refractivity contribution in [1.29, 1.82) is 0 Å². The highest BCUT2D eigenvalue weighted by Gasteiger charge is 2.26.